The lowest BCUT2D eigenvalue weighted by atomic mass is 9.93. The molecule has 2 heterocycles. The highest BCUT2D eigenvalue weighted by molar-refractivity contribution is 6.39. The van der Waals surface area contributed by atoms with Crippen molar-refractivity contribution >= 4 is 17.5 Å². The molecule has 2 amide bonds. The molecule has 1 aromatic heterocycles. The lowest BCUT2D eigenvalue weighted by molar-refractivity contribution is -0.125. The van der Waals surface area contributed by atoms with E-state index < -0.39 is 0 Å². The number of hydrogen-bond acceptors (Lipinski definition) is 4. The van der Waals surface area contributed by atoms with Crippen molar-refractivity contribution in [2.45, 2.75) is 38.6 Å². The molecule has 1 aliphatic carbocycles. The normalized spacial score (nSPS) is 20.2. The van der Waals surface area contributed by atoms with E-state index in [1.807, 2.05) is 17.0 Å². The van der Waals surface area contributed by atoms with Gasteiger partial charge in [0.25, 0.3) is 5.91 Å². The number of pyridine rings is 1. The van der Waals surface area contributed by atoms with Crippen LogP contribution in [0.1, 0.15) is 37.7 Å². The van der Waals surface area contributed by atoms with E-state index in [-0.39, 0.29) is 11.8 Å². The monoisotopic (exact) mass is 326 g/mol. The molecule has 6 heteroatoms. The molecule has 3 rings (SSSR count). The Kier molecular flexibility index (Phi) is 5.36. The summed E-state index contributed by atoms with van der Waals surface area (Å²) in [6.07, 6.45) is 11.8. The maximum Gasteiger partial charge on any atom is 0.270 e. The first-order chi connectivity index (χ1) is 11.7. The summed E-state index contributed by atoms with van der Waals surface area (Å²) in [6, 6.07) is 3.85. The summed E-state index contributed by atoms with van der Waals surface area (Å²) in [6.45, 7) is 1.21. The van der Waals surface area contributed by atoms with Gasteiger partial charge in [0.15, 0.2) is 0 Å². The SMILES string of the molecule is O=C1CCC(C(=O)N(Cc2cccnc2)CC2CC=CCC2)=NN1. The van der Waals surface area contributed by atoms with Crippen molar-refractivity contribution in [1.29, 1.82) is 0 Å². The zero-order valence-electron chi connectivity index (χ0n) is 13.6. The Labute approximate surface area is 141 Å². The molecule has 1 unspecified atom stereocenters. The molecule has 24 heavy (non-hydrogen) atoms. The Morgan fingerprint density at radius 2 is 2.25 bits per heavy atom. The van der Waals surface area contributed by atoms with Gasteiger partial charge in [0.1, 0.15) is 5.71 Å². The molecule has 6 nitrogen and oxygen atoms in total. The van der Waals surface area contributed by atoms with Crippen molar-refractivity contribution in [3.63, 3.8) is 0 Å². The van der Waals surface area contributed by atoms with Crippen LogP contribution < -0.4 is 5.43 Å². The molecule has 0 saturated carbocycles. The van der Waals surface area contributed by atoms with Gasteiger partial charge in [0, 0.05) is 38.3 Å². The third-order valence-electron chi connectivity index (χ3n) is 4.39. The van der Waals surface area contributed by atoms with Gasteiger partial charge >= 0.3 is 0 Å². The van der Waals surface area contributed by atoms with E-state index in [1.165, 1.54) is 0 Å². The largest absolute Gasteiger partial charge is 0.333 e. The quantitative estimate of drug-likeness (QED) is 0.841. The second-order valence-corrected chi connectivity index (χ2v) is 6.29. The second kappa shape index (κ2) is 7.86. The molecule has 0 radical (unpaired) electrons. The van der Waals surface area contributed by atoms with Crippen molar-refractivity contribution in [3.05, 3.63) is 42.2 Å². The van der Waals surface area contributed by atoms with Crippen molar-refractivity contribution in [1.82, 2.24) is 15.3 Å². The van der Waals surface area contributed by atoms with Crippen molar-refractivity contribution in [2.24, 2.45) is 11.0 Å². The predicted octanol–water partition coefficient (Wildman–Crippen LogP) is 2.03. The maximum absolute atomic E-state index is 12.9. The van der Waals surface area contributed by atoms with Gasteiger partial charge in [-0.1, -0.05) is 18.2 Å². The van der Waals surface area contributed by atoms with Crippen LogP contribution in [0, 0.1) is 5.92 Å². The van der Waals surface area contributed by atoms with Crippen molar-refractivity contribution < 1.29 is 9.59 Å². The molecule has 0 aromatic carbocycles. The molecule has 1 atom stereocenters. The van der Waals surface area contributed by atoms with Crippen LogP contribution in [0.4, 0.5) is 0 Å². The molecule has 126 valence electrons. The van der Waals surface area contributed by atoms with Gasteiger partial charge in [-0.3, -0.25) is 14.6 Å². The fraction of sp³-hybridized carbons (Fsp3) is 0.444. The molecule has 0 bridgehead atoms. The molecule has 2 aliphatic rings. The van der Waals surface area contributed by atoms with E-state index in [4.69, 9.17) is 0 Å². The number of hydrogen-bond donors (Lipinski definition) is 1. The molecule has 1 aliphatic heterocycles. The number of carbonyl (C=O) groups is 2. The van der Waals surface area contributed by atoms with E-state index in [0.717, 1.165) is 24.8 Å². The Morgan fingerprint density at radius 3 is 2.92 bits per heavy atom. The topological polar surface area (TPSA) is 74.7 Å². The lowest BCUT2D eigenvalue weighted by Crippen LogP contribution is -2.42. The van der Waals surface area contributed by atoms with Gasteiger partial charge in [-0.25, -0.2) is 5.43 Å². The molecule has 0 fully saturated rings. The van der Waals surface area contributed by atoms with Gasteiger partial charge in [-0.05, 0) is 36.8 Å². The average Bonchev–Trinajstić information content (AvgIpc) is 2.63. The number of allylic oxidation sites excluding steroid dienone is 2. The van der Waals surface area contributed by atoms with Crippen LogP contribution in [0.25, 0.3) is 0 Å². The summed E-state index contributed by atoms with van der Waals surface area (Å²) in [4.78, 5) is 30.1. The number of carbonyl (C=O) groups excluding carboxylic acids is 2. The lowest BCUT2D eigenvalue weighted by Gasteiger charge is -2.29. The van der Waals surface area contributed by atoms with Crippen LogP contribution in [-0.2, 0) is 16.1 Å². The van der Waals surface area contributed by atoms with Gasteiger partial charge in [-0.2, -0.15) is 5.10 Å². The van der Waals surface area contributed by atoms with Crippen LogP contribution in [0.5, 0.6) is 0 Å². The zero-order chi connectivity index (χ0) is 16.8. The summed E-state index contributed by atoms with van der Waals surface area (Å²) >= 11 is 0. The number of nitrogens with zero attached hydrogens (tertiary/aromatic N) is 3. The minimum absolute atomic E-state index is 0.0894. The van der Waals surface area contributed by atoms with Crippen LogP contribution in [0.15, 0.2) is 41.8 Å². The minimum Gasteiger partial charge on any atom is -0.333 e. The van der Waals surface area contributed by atoms with Gasteiger partial charge in [0.05, 0.1) is 0 Å². The number of amides is 2. The predicted molar refractivity (Wildman–Crippen MR) is 90.9 cm³/mol. The van der Waals surface area contributed by atoms with E-state index >= 15 is 0 Å². The van der Waals surface area contributed by atoms with Crippen LogP contribution in [0.3, 0.4) is 0 Å². The van der Waals surface area contributed by atoms with Gasteiger partial charge in [-0.15, -0.1) is 0 Å². The third kappa shape index (κ3) is 4.28. The summed E-state index contributed by atoms with van der Waals surface area (Å²) in [5.41, 5.74) is 3.85. The van der Waals surface area contributed by atoms with Crippen LogP contribution >= 0.6 is 0 Å². The number of nitrogens with one attached hydrogen (secondary N) is 1. The highest BCUT2D eigenvalue weighted by Crippen LogP contribution is 2.21. The highest BCUT2D eigenvalue weighted by atomic mass is 16.2. The fourth-order valence-corrected chi connectivity index (χ4v) is 3.08. The molecule has 0 spiro atoms. The smallest absolute Gasteiger partial charge is 0.270 e. The molecular formula is C18H22N4O2. The van der Waals surface area contributed by atoms with Crippen molar-refractivity contribution in [3.8, 4) is 0 Å². The molecule has 1 aromatic rings. The van der Waals surface area contributed by atoms with Crippen LogP contribution in [0.2, 0.25) is 0 Å². The Hall–Kier alpha value is -2.50. The fourth-order valence-electron chi connectivity index (χ4n) is 3.08. The van der Waals surface area contributed by atoms with E-state index in [1.54, 1.807) is 12.4 Å². The first kappa shape index (κ1) is 16.4. The number of hydrazone groups is 1. The van der Waals surface area contributed by atoms with E-state index in [9.17, 15) is 9.59 Å². The van der Waals surface area contributed by atoms with E-state index in [2.05, 4.69) is 27.7 Å². The van der Waals surface area contributed by atoms with Gasteiger partial charge in [0.2, 0.25) is 5.91 Å². The summed E-state index contributed by atoms with van der Waals surface area (Å²) in [5.74, 6) is 0.241. The van der Waals surface area contributed by atoms with E-state index in [0.29, 0.717) is 37.6 Å². The number of aromatic nitrogens is 1. The number of rotatable bonds is 5. The Morgan fingerprint density at radius 1 is 1.33 bits per heavy atom. The Balaban J connectivity index is 1.74. The molecule has 0 saturated heterocycles. The highest BCUT2D eigenvalue weighted by Gasteiger charge is 2.26. The van der Waals surface area contributed by atoms with Crippen molar-refractivity contribution in [2.75, 3.05) is 6.54 Å². The third-order valence-corrected chi connectivity index (χ3v) is 4.39. The van der Waals surface area contributed by atoms with Gasteiger partial charge < -0.3 is 4.90 Å². The zero-order valence-corrected chi connectivity index (χ0v) is 13.6. The maximum atomic E-state index is 12.9. The minimum atomic E-state index is -0.136. The standard InChI is InChI=1S/C18H22N4O2/c23-17-9-8-16(20-21-17)18(24)22(12-14-5-2-1-3-6-14)13-15-7-4-10-19-11-15/h1-2,4,7,10-11,14H,3,5-6,8-9,12-13H2,(H,21,23). The molecular weight excluding hydrogens is 304 g/mol. The summed E-state index contributed by atoms with van der Waals surface area (Å²) in [7, 11) is 0. The molecule has 1 N–H and O–H groups in total. The Bertz CT molecular complexity index is 654. The first-order valence-electron chi connectivity index (χ1n) is 8.41. The summed E-state index contributed by atoms with van der Waals surface area (Å²) in [5, 5.41) is 3.96. The summed E-state index contributed by atoms with van der Waals surface area (Å²) < 4.78 is 0. The second-order valence-electron chi connectivity index (χ2n) is 6.29. The van der Waals surface area contributed by atoms with Crippen LogP contribution in [-0.4, -0.2) is 34.0 Å². The average molecular weight is 326 g/mol. The first-order valence-corrected chi connectivity index (χ1v) is 8.41.